The molecule has 0 saturated carbocycles. The number of carbonyl (C=O) groups excluding carboxylic acids is 2. The number of ether oxygens (including phenoxy) is 1. The molecule has 94 valence electrons. The number of esters is 1. The number of rotatable bonds is 6. The minimum absolute atomic E-state index is 0.0866. The molecule has 0 aromatic heterocycles. The maximum Gasteiger partial charge on any atom is 0.328 e. The standard InChI is InChI=1S/C12H23NO3/c1-6-9(4)11(12(15)16-5)13-10(14)7-8(2)3/h8-9,11H,6-7H2,1-5H3,(H,13,14)/t9?,11-/m0/s1. The highest BCUT2D eigenvalue weighted by Gasteiger charge is 2.26. The van der Waals surface area contributed by atoms with Crippen molar-refractivity contribution in [1.82, 2.24) is 5.32 Å². The van der Waals surface area contributed by atoms with Crippen molar-refractivity contribution in [3.05, 3.63) is 0 Å². The maximum absolute atomic E-state index is 11.6. The summed E-state index contributed by atoms with van der Waals surface area (Å²) >= 11 is 0. The number of nitrogens with one attached hydrogen (secondary N) is 1. The quantitative estimate of drug-likeness (QED) is 0.706. The van der Waals surface area contributed by atoms with Gasteiger partial charge in [-0.2, -0.15) is 0 Å². The van der Waals surface area contributed by atoms with Gasteiger partial charge in [-0.1, -0.05) is 34.1 Å². The smallest absolute Gasteiger partial charge is 0.328 e. The molecule has 2 atom stereocenters. The van der Waals surface area contributed by atoms with Gasteiger partial charge in [0.25, 0.3) is 0 Å². The van der Waals surface area contributed by atoms with Gasteiger partial charge in [0.2, 0.25) is 5.91 Å². The van der Waals surface area contributed by atoms with Gasteiger partial charge in [0.05, 0.1) is 7.11 Å². The molecule has 0 aliphatic rings. The molecular weight excluding hydrogens is 206 g/mol. The molecule has 0 spiro atoms. The van der Waals surface area contributed by atoms with Crippen LogP contribution < -0.4 is 5.32 Å². The van der Waals surface area contributed by atoms with E-state index >= 15 is 0 Å². The molecular formula is C12H23NO3. The van der Waals surface area contributed by atoms with E-state index in [2.05, 4.69) is 10.1 Å². The van der Waals surface area contributed by atoms with Gasteiger partial charge in [-0.05, 0) is 11.8 Å². The van der Waals surface area contributed by atoms with Crippen LogP contribution in [0.15, 0.2) is 0 Å². The number of hydrogen-bond donors (Lipinski definition) is 1. The first kappa shape index (κ1) is 14.9. The summed E-state index contributed by atoms with van der Waals surface area (Å²) in [6.07, 6.45) is 1.26. The van der Waals surface area contributed by atoms with Crippen molar-refractivity contribution in [2.75, 3.05) is 7.11 Å². The fourth-order valence-electron chi connectivity index (χ4n) is 1.40. The Morgan fingerprint density at radius 1 is 1.25 bits per heavy atom. The van der Waals surface area contributed by atoms with Gasteiger partial charge in [0, 0.05) is 6.42 Å². The molecule has 4 nitrogen and oxygen atoms in total. The molecule has 0 aliphatic heterocycles. The molecule has 0 rings (SSSR count). The maximum atomic E-state index is 11.6. The average Bonchev–Trinajstić information content (AvgIpc) is 2.22. The zero-order valence-electron chi connectivity index (χ0n) is 10.9. The third-order valence-electron chi connectivity index (χ3n) is 2.58. The van der Waals surface area contributed by atoms with Crippen molar-refractivity contribution in [3.63, 3.8) is 0 Å². The van der Waals surface area contributed by atoms with Crippen molar-refractivity contribution in [2.45, 2.75) is 46.6 Å². The first-order valence-electron chi connectivity index (χ1n) is 5.79. The lowest BCUT2D eigenvalue weighted by Crippen LogP contribution is -2.45. The summed E-state index contributed by atoms with van der Waals surface area (Å²) in [6.45, 7) is 7.85. The predicted octanol–water partition coefficient (Wildman–Crippen LogP) is 1.74. The zero-order chi connectivity index (χ0) is 12.7. The average molecular weight is 229 g/mol. The molecule has 1 amide bonds. The fraction of sp³-hybridized carbons (Fsp3) is 0.833. The van der Waals surface area contributed by atoms with E-state index in [4.69, 9.17) is 0 Å². The minimum atomic E-state index is -0.527. The van der Waals surface area contributed by atoms with Crippen LogP contribution in [0.2, 0.25) is 0 Å². The zero-order valence-corrected chi connectivity index (χ0v) is 10.9. The van der Waals surface area contributed by atoms with E-state index in [9.17, 15) is 9.59 Å². The van der Waals surface area contributed by atoms with Crippen LogP contribution in [-0.4, -0.2) is 25.0 Å². The van der Waals surface area contributed by atoms with Crippen molar-refractivity contribution >= 4 is 11.9 Å². The number of methoxy groups -OCH3 is 1. The monoisotopic (exact) mass is 229 g/mol. The van der Waals surface area contributed by atoms with Crippen molar-refractivity contribution in [3.8, 4) is 0 Å². The fourth-order valence-corrected chi connectivity index (χ4v) is 1.40. The molecule has 0 aliphatic carbocycles. The van der Waals surface area contributed by atoms with Crippen molar-refractivity contribution in [2.24, 2.45) is 11.8 Å². The Balaban J connectivity index is 4.43. The van der Waals surface area contributed by atoms with Crippen LogP contribution >= 0.6 is 0 Å². The highest BCUT2D eigenvalue weighted by atomic mass is 16.5. The first-order chi connectivity index (χ1) is 7.42. The summed E-state index contributed by atoms with van der Waals surface area (Å²) in [6, 6.07) is -0.527. The van der Waals surface area contributed by atoms with E-state index in [1.165, 1.54) is 7.11 Å². The van der Waals surface area contributed by atoms with E-state index in [0.29, 0.717) is 6.42 Å². The van der Waals surface area contributed by atoms with Crippen LogP contribution in [0, 0.1) is 11.8 Å². The second-order valence-electron chi connectivity index (χ2n) is 4.55. The van der Waals surface area contributed by atoms with Crippen molar-refractivity contribution in [1.29, 1.82) is 0 Å². The van der Waals surface area contributed by atoms with Gasteiger partial charge in [0.1, 0.15) is 6.04 Å². The SMILES string of the molecule is CCC(C)[C@H](NC(=O)CC(C)C)C(=O)OC. The molecule has 1 N–H and O–H groups in total. The van der Waals surface area contributed by atoms with Crippen LogP contribution in [0.1, 0.15) is 40.5 Å². The molecule has 0 aromatic carbocycles. The summed E-state index contributed by atoms with van der Waals surface area (Å²) in [5.74, 6) is -0.0871. The summed E-state index contributed by atoms with van der Waals surface area (Å²) < 4.78 is 4.69. The summed E-state index contributed by atoms with van der Waals surface area (Å²) in [5, 5.41) is 2.74. The highest BCUT2D eigenvalue weighted by Crippen LogP contribution is 2.10. The molecule has 4 heteroatoms. The Morgan fingerprint density at radius 2 is 1.81 bits per heavy atom. The van der Waals surface area contributed by atoms with E-state index < -0.39 is 6.04 Å². The molecule has 0 radical (unpaired) electrons. The lowest BCUT2D eigenvalue weighted by Gasteiger charge is -2.22. The minimum Gasteiger partial charge on any atom is -0.467 e. The van der Waals surface area contributed by atoms with Gasteiger partial charge >= 0.3 is 5.97 Å². The molecule has 0 saturated heterocycles. The van der Waals surface area contributed by atoms with Crippen LogP contribution in [0.5, 0.6) is 0 Å². The Labute approximate surface area is 97.7 Å². The van der Waals surface area contributed by atoms with E-state index in [1.807, 2.05) is 27.7 Å². The van der Waals surface area contributed by atoms with E-state index in [0.717, 1.165) is 6.42 Å². The normalized spacial score (nSPS) is 14.4. The second kappa shape index (κ2) is 7.25. The van der Waals surface area contributed by atoms with E-state index in [-0.39, 0.29) is 23.7 Å². The largest absolute Gasteiger partial charge is 0.467 e. The first-order valence-corrected chi connectivity index (χ1v) is 5.79. The number of amides is 1. The Kier molecular flexibility index (Phi) is 6.77. The third-order valence-corrected chi connectivity index (χ3v) is 2.58. The van der Waals surface area contributed by atoms with Gasteiger partial charge in [-0.25, -0.2) is 4.79 Å². The predicted molar refractivity (Wildman–Crippen MR) is 62.9 cm³/mol. The lowest BCUT2D eigenvalue weighted by atomic mass is 9.98. The molecule has 1 unspecified atom stereocenters. The summed E-state index contributed by atoms with van der Waals surface area (Å²) in [4.78, 5) is 23.1. The van der Waals surface area contributed by atoms with Gasteiger partial charge in [0.15, 0.2) is 0 Å². The number of carbonyl (C=O) groups is 2. The van der Waals surface area contributed by atoms with Crippen molar-refractivity contribution < 1.29 is 14.3 Å². The topological polar surface area (TPSA) is 55.4 Å². The second-order valence-corrected chi connectivity index (χ2v) is 4.55. The van der Waals surface area contributed by atoms with Gasteiger partial charge in [-0.15, -0.1) is 0 Å². The molecule has 0 heterocycles. The van der Waals surface area contributed by atoms with Gasteiger partial charge in [-0.3, -0.25) is 4.79 Å². The molecule has 0 fully saturated rings. The Bertz CT molecular complexity index is 238. The number of hydrogen-bond acceptors (Lipinski definition) is 3. The highest BCUT2D eigenvalue weighted by molar-refractivity contribution is 5.84. The van der Waals surface area contributed by atoms with Crippen LogP contribution in [0.4, 0.5) is 0 Å². The van der Waals surface area contributed by atoms with Crippen LogP contribution in [0.25, 0.3) is 0 Å². The third kappa shape index (κ3) is 5.14. The van der Waals surface area contributed by atoms with E-state index in [1.54, 1.807) is 0 Å². The molecule has 0 aromatic rings. The Hall–Kier alpha value is -1.06. The summed E-state index contributed by atoms with van der Waals surface area (Å²) in [7, 11) is 1.34. The summed E-state index contributed by atoms with van der Waals surface area (Å²) in [5.41, 5.74) is 0. The molecule has 16 heavy (non-hydrogen) atoms. The van der Waals surface area contributed by atoms with Crippen LogP contribution in [-0.2, 0) is 14.3 Å². The van der Waals surface area contributed by atoms with Gasteiger partial charge < -0.3 is 10.1 Å². The lowest BCUT2D eigenvalue weighted by molar-refractivity contribution is -0.146. The Morgan fingerprint density at radius 3 is 2.19 bits per heavy atom. The molecule has 0 bridgehead atoms. The van der Waals surface area contributed by atoms with Crippen LogP contribution in [0.3, 0.4) is 0 Å².